The van der Waals surface area contributed by atoms with Crippen molar-refractivity contribution in [3.05, 3.63) is 35.9 Å². The summed E-state index contributed by atoms with van der Waals surface area (Å²) in [7, 11) is 0. The van der Waals surface area contributed by atoms with E-state index in [9.17, 15) is 0 Å². The first kappa shape index (κ1) is 21.2. The quantitative estimate of drug-likeness (QED) is 0.268. The first-order valence-corrected chi connectivity index (χ1v) is 10.1. The molecule has 0 saturated heterocycles. The molecule has 0 N–H and O–H groups in total. The maximum atomic E-state index is 6.11. The van der Waals surface area contributed by atoms with E-state index in [1.54, 1.807) is 0 Å². The maximum Gasteiger partial charge on any atom is 0.168 e. The lowest BCUT2D eigenvalue weighted by Crippen LogP contribution is -2.37. The van der Waals surface area contributed by atoms with Crippen molar-refractivity contribution in [3.8, 4) is 0 Å². The zero-order valence-corrected chi connectivity index (χ0v) is 16.2. The number of aryl methyl sites for hydroxylation is 1. The molecule has 0 aliphatic heterocycles. The van der Waals surface area contributed by atoms with Crippen molar-refractivity contribution < 1.29 is 9.47 Å². The molecule has 1 aromatic carbocycles. The lowest BCUT2D eigenvalue weighted by Gasteiger charge is -2.33. The van der Waals surface area contributed by atoms with E-state index in [4.69, 9.17) is 9.47 Å². The summed E-state index contributed by atoms with van der Waals surface area (Å²) in [4.78, 5) is 0. The molecule has 1 rings (SSSR count). The fourth-order valence-corrected chi connectivity index (χ4v) is 3.31. The molecular weight excluding hydrogens is 296 g/mol. The summed E-state index contributed by atoms with van der Waals surface area (Å²) in [5, 5.41) is 0. The van der Waals surface area contributed by atoms with E-state index < -0.39 is 5.79 Å². The standard InChI is InChI=1S/C22H38O2/c1-4-7-8-9-10-11-15-19-22(23-5-2,24-6-3)20-18-21-16-13-12-14-17-21/h12-14,16-17H,4-11,15,18-20H2,1-3H3. The molecule has 138 valence electrons. The van der Waals surface area contributed by atoms with Gasteiger partial charge in [-0.05, 0) is 32.3 Å². The van der Waals surface area contributed by atoms with Crippen LogP contribution in [0, 0.1) is 0 Å². The molecule has 0 aliphatic rings. The van der Waals surface area contributed by atoms with Gasteiger partial charge in [0.15, 0.2) is 5.79 Å². The zero-order valence-electron chi connectivity index (χ0n) is 16.2. The summed E-state index contributed by atoms with van der Waals surface area (Å²) in [6.45, 7) is 7.84. The van der Waals surface area contributed by atoms with Crippen LogP contribution in [0.4, 0.5) is 0 Å². The van der Waals surface area contributed by atoms with Crippen LogP contribution in [0.1, 0.15) is 84.1 Å². The molecule has 0 fully saturated rings. The predicted molar refractivity (Wildman–Crippen MR) is 103 cm³/mol. The Morgan fingerprint density at radius 3 is 1.88 bits per heavy atom. The van der Waals surface area contributed by atoms with Gasteiger partial charge in [-0.1, -0.05) is 75.8 Å². The van der Waals surface area contributed by atoms with E-state index in [1.807, 2.05) is 0 Å². The topological polar surface area (TPSA) is 18.5 Å². The van der Waals surface area contributed by atoms with Crippen molar-refractivity contribution >= 4 is 0 Å². The maximum absolute atomic E-state index is 6.11. The van der Waals surface area contributed by atoms with E-state index in [-0.39, 0.29) is 0 Å². The highest BCUT2D eigenvalue weighted by atomic mass is 16.7. The largest absolute Gasteiger partial charge is 0.350 e. The minimum atomic E-state index is -0.400. The number of ether oxygens (including phenoxy) is 2. The smallest absolute Gasteiger partial charge is 0.168 e. The van der Waals surface area contributed by atoms with Gasteiger partial charge >= 0.3 is 0 Å². The van der Waals surface area contributed by atoms with E-state index >= 15 is 0 Å². The summed E-state index contributed by atoms with van der Waals surface area (Å²) in [5.74, 6) is -0.400. The zero-order chi connectivity index (χ0) is 17.5. The van der Waals surface area contributed by atoms with Gasteiger partial charge in [-0.15, -0.1) is 0 Å². The van der Waals surface area contributed by atoms with E-state index in [0.717, 1.165) is 19.3 Å². The van der Waals surface area contributed by atoms with Gasteiger partial charge in [-0.2, -0.15) is 0 Å². The Bertz CT molecular complexity index is 382. The van der Waals surface area contributed by atoms with Gasteiger partial charge in [0, 0.05) is 26.1 Å². The molecular formula is C22H38O2. The van der Waals surface area contributed by atoms with Crippen LogP contribution < -0.4 is 0 Å². The highest BCUT2D eigenvalue weighted by Gasteiger charge is 2.30. The molecule has 0 amide bonds. The number of rotatable bonds is 15. The predicted octanol–water partition coefficient (Wildman–Crippen LogP) is 6.53. The molecule has 0 bridgehead atoms. The van der Waals surface area contributed by atoms with Crippen LogP contribution >= 0.6 is 0 Å². The van der Waals surface area contributed by atoms with E-state index in [1.165, 1.54) is 50.5 Å². The first-order valence-electron chi connectivity index (χ1n) is 10.1. The third-order valence-corrected chi connectivity index (χ3v) is 4.61. The third kappa shape index (κ3) is 8.84. The van der Waals surface area contributed by atoms with Crippen LogP contribution in [0.5, 0.6) is 0 Å². The molecule has 2 heteroatoms. The second kappa shape index (κ2) is 13.4. The van der Waals surface area contributed by atoms with Gasteiger partial charge in [0.1, 0.15) is 0 Å². The van der Waals surface area contributed by atoms with Crippen molar-refractivity contribution in [3.63, 3.8) is 0 Å². The van der Waals surface area contributed by atoms with E-state index in [2.05, 4.69) is 51.1 Å². The Balaban J connectivity index is 2.45. The first-order chi connectivity index (χ1) is 11.8. The van der Waals surface area contributed by atoms with Crippen molar-refractivity contribution in [2.45, 2.75) is 90.8 Å². The highest BCUT2D eigenvalue weighted by molar-refractivity contribution is 5.14. The van der Waals surface area contributed by atoms with Crippen molar-refractivity contribution in [1.82, 2.24) is 0 Å². The SMILES string of the molecule is CCCCCCCCCC(CCc1ccccc1)(OCC)OCC. The fourth-order valence-electron chi connectivity index (χ4n) is 3.31. The van der Waals surface area contributed by atoms with Gasteiger partial charge in [-0.3, -0.25) is 0 Å². The Morgan fingerprint density at radius 2 is 1.29 bits per heavy atom. The van der Waals surface area contributed by atoms with Gasteiger partial charge in [0.25, 0.3) is 0 Å². The van der Waals surface area contributed by atoms with Gasteiger partial charge in [-0.25, -0.2) is 0 Å². The summed E-state index contributed by atoms with van der Waals surface area (Å²) < 4.78 is 12.2. The van der Waals surface area contributed by atoms with Gasteiger partial charge in [0.05, 0.1) is 0 Å². The molecule has 0 aliphatic carbocycles. The highest BCUT2D eigenvalue weighted by Crippen LogP contribution is 2.28. The van der Waals surface area contributed by atoms with Crippen molar-refractivity contribution in [1.29, 1.82) is 0 Å². The lowest BCUT2D eigenvalue weighted by atomic mass is 9.98. The fraction of sp³-hybridized carbons (Fsp3) is 0.727. The minimum absolute atomic E-state index is 0.400. The number of benzene rings is 1. The lowest BCUT2D eigenvalue weighted by molar-refractivity contribution is -0.241. The summed E-state index contributed by atoms with van der Waals surface area (Å²) in [6.07, 6.45) is 12.2. The normalized spacial score (nSPS) is 11.8. The Labute approximate surface area is 149 Å². The van der Waals surface area contributed by atoms with Crippen LogP contribution in [0.2, 0.25) is 0 Å². The van der Waals surface area contributed by atoms with Crippen LogP contribution in [0.25, 0.3) is 0 Å². The summed E-state index contributed by atoms with van der Waals surface area (Å²) in [6, 6.07) is 10.7. The molecule has 0 heterocycles. The molecule has 0 atom stereocenters. The number of hydrogen-bond acceptors (Lipinski definition) is 2. The number of hydrogen-bond donors (Lipinski definition) is 0. The third-order valence-electron chi connectivity index (χ3n) is 4.61. The molecule has 0 spiro atoms. The second-order valence-electron chi connectivity index (χ2n) is 6.63. The molecule has 0 aromatic heterocycles. The number of unbranched alkanes of at least 4 members (excludes halogenated alkanes) is 6. The monoisotopic (exact) mass is 334 g/mol. The Morgan fingerprint density at radius 1 is 0.708 bits per heavy atom. The van der Waals surface area contributed by atoms with Crippen LogP contribution in [-0.2, 0) is 15.9 Å². The van der Waals surface area contributed by atoms with Gasteiger partial charge < -0.3 is 9.47 Å². The average Bonchev–Trinajstić information content (AvgIpc) is 2.61. The van der Waals surface area contributed by atoms with E-state index in [0.29, 0.717) is 13.2 Å². The molecule has 2 nitrogen and oxygen atoms in total. The van der Waals surface area contributed by atoms with Crippen molar-refractivity contribution in [2.24, 2.45) is 0 Å². The van der Waals surface area contributed by atoms with Gasteiger partial charge in [0.2, 0.25) is 0 Å². The molecule has 1 aromatic rings. The molecule has 24 heavy (non-hydrogen) atoms. The van der Waals surface area contributed by atoms with Crippen LogP contribution in [0.15, 0.2) is 30.3 Å². The molecule has 0 saturated carbocycles. The van der Waals surface area contributed by atoms with Crippen LogP contribution in [0.3, 0.4) is 0 Å². The summed E-state index contributed by atoms with van der Waals surface area (Å²) in [5.41, 5.74) is 1.36. The average molecular weight is 335 g/mol. The molecule has 0 unspecified atom stereocenters. The second-order valence-corrected chi connectivity index (χ2v) is 6.63. The molecule has 0 radical (unpaired) electrons. The Kier molecular flexibility index (Phi) is 11.9. The Hall–Kier alpha value is -0.860. The minimum Gasteiger partial charge on any atom is -0.350 e. The van der Waals surface area contributed by atoms with Crippen molar-refractivity contribution in [2.75, 3.05) is 13.2 Å². The summed E-state index contributed by atoms with van der Waals surface area (Å²) >= 11 is 0. The van der Waals surface area contributed by atoms with Crippen LogP contribution in [-0.4, -0.2) is 19.0 Å².